The van der Waals surface area contributed by atoms with Gasteiger partial charge in [-0.25, -0.2) is 8.78 Å². The summed E-state index contributed by atoms with van der Waals surface area (Å²) in [4.78, 5) is 16.6. The molecule has 0 amide bonds. The fourth-order valence-electron chi connectivity index (χ4n) is 5.53. The van der Waals surface area contributed by atoms with Crippen LogP contribution in [0.5, 0.6) is 0 Å². The first-order valence-corrected chi connectivity index (χ1v) is 10.2. The van der Waals surface area contributed by atoms with Gasteiger partial charge in [-0.05, 0) is 63.4 Å². The van der Waals surface area contributed by atoms with Crippen molar-refractivity contribution < 1.29 is 18.3 Å². The van der Waals surface area contributed by atoms with Crippen LogP contribution in [-0.2, 0) is 9.53 Å². The molecule has 0 N–H and O–H groups in total. The van der Waals surface area contributed by atoms with Gasteiger partial charge in [0, 0.05) is 31.0 Å². The molecule has 148 valence electrons. The Kier molecular flexibility index (Phi) is 5.46. The van der Waals surface area contributed by atoms with Crippen molar-refractivity contribution in [2.45, 2.75) is 50.6 Å². The zero-order valence-corrected chi connectivity index (χ0v) is 15.9. The predicted octanol–water partition coefficient (Wildman–Crippen LogP) is 3.17. The minimum absolute atomic E-state index is 0.0172. The number of hydrogen-bond donors (Lipinski definition) is 0. The summed E-state index contributed by atoms with van der Waals surface area (Å²) in [7, 11) is 0. The van der Waals surface area contributed by atoms with Crippen molar-refractivity contribution in [3.05, 3.63) is 35.4 Å². The van der Waals surface area contributed by atoms with Crippen molar-refractivity contribution in [2.24, 2.45) is 5.92 Å². The molecule has 0 unspecified atom stereocenters. The first kappa shape index (κ1) is 18.8. The molecule has 1 aromatic rings. The van der Waals surface area contributed by atoms with Crippen LogP contribution in [0.4, 0.5) is 8.78 Å². The molecular formula is C21H28F2N2O2. The van der Waals surface area contributed by atoms with E-state index in [4.69, 9.17) is 4.74 Å². The Morgan fingerprint density at radius 2 is 2.00 bits per heavy atom. The summed E-state index contributed by atoms with van der Waals surface area (Å²) >= 11 is 0. The van der Waals surface area contributed by atoms with Crippen LogP contribution in [0.1, 0.15) is 44.1 Å². The number of carbonyl (C=O) groups excluding carboxylic acids is 1. The van der Waals surface area contributed by atoms with Crippen LogP contribution in [0, 0.1) is 17.6 Å². The highest BCUT2D eigenvalue weighted by molar-refractivity contribution is 5.69. The van der Waals surface area contributed by atoms with E-state index in [1.165, 1.54) is 18.9 Å². The van der Waals surface area contributed by atoms with E-state index >= 15 is 0 Å². The van der Waals surface area contributed by atoms with Crippen LogP contribution in [0.25, 0.3) is 0 Å². The van der Waals surface area contributed by atoms with E-state index in [0.717, 1.165) is 32.6 Å². The largest absolute Gasteiger partial charge is 0.466 e. The summed E-state index contributed by atoms with van der Waals surface area (Å²) in [6.45, 7) is 5.86. The van der Waals surface area contributed by atoms with Crippen LogP contribution < -0.4 is 0 Å². The van der Waals surface area contributed by atoms with Crippen LogP contribution in [-0.4, -0.2) is 60.6 Å². The quantitative estimate of drug-likeness (QED) is 0.712. The number of likely N-dealkylation sites (tertiary alicyclic amines) is 1. The van der Waals surface area contributed by atoms with Gasteiger partial charge < -0.3 is 4.74 Å². The SMILES string of the molecule is CCOC(=O)CCCN1C[C@@H](c2cccc(F)c2F)[C@@H]2[C@H]1C1CCN2CC1. The highest BCUT2D eigenvalue weighted by atomic mass is 19.2. The number of nitrogens with zero attached hydrogens (tertiary/aromatic N) is 2. The zero-order valence-electron chi connectivity index (χ0n) is 15.9. The lowest BCUT2D eigenvalue weighted by Gasteiger charge is -2.51. The number of ether oxygens (including phenoxy) is 1. The third kappa shape index (κ3) is 3.49. The molecule has 27 heavy (non-hydrogen) atoms. The van der Waals surface area contributed by atoms with Crippen molar-refractivity contribution in [3.63, 3.8) is 0 Å². The standard InChI is InChI=1S/C21H28F2N2O2/c1-2-27-18(26)7-4-10-25-13-16(15-5-3-6-17(22)19(15)23)21-20(25)14-8-11-24(21)12-9-14/h3,5-6,14,16,20-21H,2,4,7-13H2,1H3/t16-,20+,21+/m0/s1. The number of fused-ring (bicyclic) bond motifs is 2. The van der Waals surface area contributed by atoms with Crippen LogP contribution in [0.3, 0.4) is 0 Å². The molecular weight excluding hydrogens is 350 g/mol. The summed E-state index contributed by atoms with van der Waals surface area (Å²) in [5, 5.41) is 0. The Morgan fingerprint density at radius 1 is 1.22 bits per heavy atom. The van der Waals surface area contributed by atoms with Gasteiger partial charge in [-0.2, -0.15) is 0 Å². The Hall–Kier alpha value is -1.53. The van der Waals surface area contributed by atoms with Crippen molar-refractivity contribution in [1.29, 1.82) is 0 Å². The molecule has 4 aliphatic heterocycles. The summed E-state index contributed by atoms with van der Waals surface area (Å²) in [5.41, 5.74) is 0.505. The first-order chi connectivity index (χ1) is 13.1. The number of rotatable bonds is 6. The maximum atomic E-state index is 14.6. The van der Waals surface area contributed by atoms with Gasteiger partial charge in [0.2, 0.25) is 0 Å². The van der Waals surface area contributed by atoms with E-state index in [0.29, 0.717) is 30.6 Å². The zero-order chi connectivity index (χ0) is 19.0. The summed E-state index contributed by atoms with van der Waals surface area (Å²) in [6, 6.07) is 5.17. The van der Waals surface area contributed by atoms with E-state index in [1.807, 2.05) is 6.92 Å². The average Bonchev–Trinajstić information content (AvgIpc) is 3.07. The predicted molar refractivity (Wildman–Crippen MR) is 98.4 cm³/mol. The average molecular weight is 378 g/mol. The summed E-state index contributed by atoms with van der Waals surface area (Å²) in [6.07, 6.45) is 3.50. The van der Waals surface area contributed by atoms with Crippen LogP contribution >= 0.6 is 0 Å². The lowest BCUT2D eigenvalue weighted by atomic mass is 9.75. The van der Waals surface area contributed by atoms with E-state index in [1.54, 1.807) is 12.1 Å². The second-order valence-corrected chi connectivity index (χ2v) is 8.01. The lowest BCUT2D eigenvalue weighted by molar-refractivity contribution is -0.143. The van der Waals surface area contributed by atoms with Gasteiger partial charge in [0.25, 0.3) is 0 Å². The Labute approximate surface area is 159 Å². The highest BCUT2D eigenvalue weighted by Crippen LogP contribution is 2.47. The molecule has 6 heteroatoms. The van der Waals surface area contributed by atoms with E-state index in [9.17, 15) is 13.6 Å². The molecule has 3 atom stereocenters. The minimum atomic E-state index is -0.763. The maximum Gasteiger partial charge on any atom is 0.305 e. The van der Waals surface area contributed by atoms with Gasteiger partial charge in [-0.15, -0.1) is 0 Å². The van der Waals surface area contributed by atoms with Crippen LogP contribution in [0.2, 0.25) is 0 Å². The Balaban J connectivity index is 1.53. The van der Waals surface area contributed by atoms with E-state index in [-0.39, 0.29) is 17.9 Å². The van der Waals surface area contributed by atoms with Crippen molar-refractivity contribution in [1.82, 2.24) is 9.80 Å². The monoisotopic (exact) mass is 378 g/mol. The molecule has 4 fully saturated rings. The molecule has 0 aliphatic carbocycles. The molecule has 0 aromatic heterocycles. The van der Waals surface area contributed by atoms with Gasteiger partial charge in [-0.3, -0.25) is 14.6 Å². The van der Waals surface area contributed by atoms with E-state index < -0.39 is 11.6 Å². The molecule has 0 saturated carbocycles. The van der Waals surface area contributed by atoms with Crippen molar-refractivity contribution in [2.75, 3.05) is 32.8 Å². The lowest BCUT2D eigenvalue weighted by Crippen LogP contribution is -2.60. The third-order valence-electron chi connectivity index (χ3n) is 6.61. The van der Waals surface area contributed by atoms with Crippen molar-refractivity contribution in [3.8, 4) is 0 Å². The molecule has 2 bridgehead atoms. The Bertz CT molecular complexity index is 691. The van der Waals surface area contributed by atoms with Gasteiger partial charge in [0.15, 0.2) is 11.6 Å². The Morgan fingerprint density at radius 3 is 2.74 bits per heavy atom. The van der Waals surface area contributed by atoms with Crippen LogP contribution in [0.15, 0.2) is 18.2 Å². The number of benzene rings is 1. The number of piperidine rings is 3. The second kappa shape index (κ2) is 7.84. The second-order valence-electron chi connectivity index (χ2n) is 8.01. The molecule has 4 aliphatic rings. The fourth-order valence-corrected chi connectivity index (χ4v) is 5.53. The molecule has 5 rings (SSSR count). The summed E-state index contributed by atoms with van der Waals surface area (Å²) in [5.74, 6) is -1.02. The highest BCUT2D eigenvalue weighted by Gasteiger charge is 2.53. The molecule has 0 radical (unpaired) electrons. The molecule has 1 aromatic carbocycles. The van der Waals surface area contributed by atoms with Gasteiger partial charge in [-0.1, -0.05) is 12.1 Å². The normalized spacial score (nSPS) is 32.5. The first-order valence-electron chi connectivity index (χ1n) is 10.2. The minimum Gasteiger partial charge on any atom is -0.466 e. The van der Waals surface area contributed by atoms with Gasteiger partial charge >= 0.3 is 5.97 Å². The number of esters is 1. The number of halogens is 2. The number of carbonyl (C=O) groups is 1. The number of hydrogen-bond acceptors (Lipinski definition) is 4. The fraction of sp³-hybridized carbons (Fsp3) is 0.667. The van der Waals surface area contributed by atoms with E-state index in [2.05, 4.69) is 9.80 Å². The smallest absolute Gasteiger partial charge is 0.305 e. The molecule has 4 nitrogen and oxygen atoms in total. The topological polar surface area (TPSA) is 32.8 Å². The van der Waals surface area contributed by atoms with Gasteiger partial charge in [0.1, 0.15) is 0 Å². The summed E-state index contributed by atoms with van der Waals surface area (Å²) < 4.78 is 33.4. The molecule has 4 heterocycles. The van der Waals surface area contributed by atoms with Gasteiger partial charge in [0.05, 0.1) is 6.61 Å². The molecule has 0 spiro atoms. The third-order valence-corrected chi connectivity index (χ3v) is 6.61. The maximum absolute atomic E-state index is 14.6. The molecule has 4 saturated heterocycles. The van der Waals surface area contributed by atoms with Crippen molar-refractivity contribution >= 4 is 5.97 Å².